The summed E-state index contributed by atoms with van der Waals surface area (Å²) >= 11 is 3.85. The number of nitrogens with zero attached hydrogens (tertiary/aromatic N) is 1. The third-order valence-electron chi connectivity index (χ3n) is 3.66. The maximum Gasteiger partial charge on any atom is 0.220 e. The van der Waals surface area contributed by atoms with Crippen molar-refractivity contribution in [1.82, 2.24) is 4.90 Å². The summed E-state index contributed by atoms with van der Waals surface area (Å²) in [5.74, 6) is 1.83. The Labute approximate surface area is 120 Å². The van der Waals surface area contributed by atoms with Crippen molar-refractivity contribution in [2.24, 2.45) is 0 Å². The van der Waals surface area contributed by atoms with Crippen LogP contribution in [0.4, 0.5) is 0 Å². The Morgan fingerprint density at radius 2 is 1.79 bits per heavy atom. The molecule has 1 aliphatic rings. The van der Waals surface area contributed by atoms with Crippen LogP contribution in [0, 0.1) is 0 Å². The van der Waals surface area contributed by atoms with Gasteiger partial charge in [-0.3, -0.25) is 0 Å². The summed E-state index contributed by atoms with van der Waals surface area (Å²) in [6, 6.07) is 4.51. The first-order chi connectivity index (χ1) is 9.19. The van der Waals surface area contributed by atoms with Crippen molar-refractivity contribution in [3.05, 3.63) is 17.7 Å². The number of likely N-dealkylation sites (tertiary alicyclic amines) is 1. The zero-order chi connectivity index (χ0) is 13.8. The standard InChI is InChI=1S/C14H21NO3S/c1-10(15-5-4-6-15)7-11-8-12(16-2)14(18-19)13(9-11)17-3/h8-10,19H,4-7H2,1-3H3. The number of hydrogen-bond donors (Lipinski definition) is 1. The summed E-state index contributed by atoms with van der Waals surface area (Å²) in [6.07, 6.45) is 2.28. The second-order valence-electron chi connectivity index (χ2n) is 4.86. The van der Waals surface area contributed by atoms with Crippen LogP contribution in [0.3, 0.4) is 0 Å². The van der Waals surface area contributed by atoms with Gasteiger partial charge < -0.3 is 18.6 Å². The van der Waals surface area contributed by atoms with Gasteiger partial charge in [-0.05, 0) is 50.6 Å². The molecule has 106 valence electrons. The molecular formula is C14H21NO3S. The normalized spacial score (nSPS) is 16.6. The third-order valence-corrected chi connectivity index (χ3v) is 3.84. The van der Waals surface area contributed by atoms with Crippen molar-refractivity contribution in [3.63, 3.8) is 0 Å². The lowest BCUT2D eigenvalue weighted by molar-refractivity contribution is 0.128. The van der Waals surface area contributed by atoms with E-state index in [1.54, 1.807) is 14.2 Å². The Morgan fingerprint density at radius 1 is 1.21 bits per heavy atom. The zero-order valence-electron chi connectivity index (χ0n) is 11.7. The minimum absolute atomic E-state index is 0.522. The molecule has 1 heterocycles. The maximum absolute atomic E-state index is 5.33. The average molecular weight is 283 g/mol. The lowest BCUT2D eigenvalue weighted by Crippen LogP contribution is -2.44. The van der Waals surface area contributed by atoms with Crippen molar-refractivity contribution in [2.75, 3.05) is 27.3 Å². The van der Waals surface area contributed by atoms with Crippen molar-refractivity contribution in [3.8, 4) is 17.2 Å². The van der Waals surface area contributed by atoms with E-state index in [1.807, 2.05) is 12.1 Å². The largest absolute Gasteiger partial charge is 0.493 e. The summed E-state index contributed by atoms with van der Waals surface area (Å²) in [6.45, 7) is 4.65. The van der Waals surface area contributed by atoms with E-state index in [0.29, 0.717) is 23.3 Å². The van der Waals surface area contributed by atoms with Crippen molar-refractivity contribution in [1.29, 1.82) is 0 Å². The van der Waals surface area contributed by atoms with Crippen LogP contribution >= 0.6 is 12.9 Å². The molecule has 1 aliphatic heterocycles. The molecule has 0 aromatic heterocycles. The summed E-state index contributed by atoms with van der Waals surface area (Å²) in [7, 11) is 3.24. The molecule has 5 heteroatoms. The van der Waals surface area contributed by atoms with Gasteiger partial charge in [0.1, 0.15) is 0 Å². The van der Waals surface area contributed by atoms with Crippen molar-refractivity contribution < 1.29 is 13.7 Å². The molecule has 1 saturated heterocycles. The number of rotatable bonds is 6. The highest BCUT2D eigenvalue weighted by molar-refractivity contribution is 7.75. The highest BCUT2D eigenvalue weighted by Gasteiger charge is 2.21. The first-order valence-corrected chi connectivity index (χ1v) is 6.86. The molecule has 1 fully saturated rings. The number of benzene rings is 1. The monoisotopic (exact) mass is 283 g/mol. The SMILES string of the molecule is COc1cc(CC(C)N2CCC2)cc(OC)c1OS. The Balaban J connectivity index is 2.20. The number of thiol groups is 1. The van der Waals surface area contributed by atoms with E-state index in [9.17, 15) is 0 Å². The average Bonchev–Trinajstić information content (AvgIpc) is 2.35. The molecule has 1 aromatic carbocycles. The molecule has 0 bridgehead atoms. The first-order valence-electron chi connectivity index (χ1n) is 6.50. The van der Waals surface area contributed by atoms with Crippen LogP contribution in [0.25, 0.3) is 0 Å². The Bertz CT molecular complexity index is 410. The molecule has 0 spiro atoms. The second-order valence-corrected chi connectivity index (χ2v) is 5.05. The van der Waals surface area contributed by atoms with Crippen LogP contribution in [0.5, 0.6) is 17.2 Å². The quantitative estimate of drug-likeness (QED) is 0.642. The predicted molar refractivity (Wildman–Crippen MR) is 78.5 cm³/mol. The van der Waals surface area contributed by atoms with Crippen LogP contribution in [0.2, 0.25) is 0 Å². The predicted octanol–water partition coefficient (Wildman–Crippen LogP) is 2.56. The molecule has 1 atom stereocenters. The molecule has 0 N–H and O–H groups in total. The van der Waals surface area contributed by atoms with Gasteiger partial charge in [0, 0.05) is 19.0 Å². The van der Waals surface area contributed by atoms with Crippen molar-refractivity contribution in [2.45, 2.75) is 25.8 Å². The summed E-state index contributed by atoms with van der Waals surface area (Å²) < 4.78 is 15.7. The van der Waals surface area contributed by atoms with E-state index in [4.69, 9.17) is 13.7 Å². The zero-order valence-corrected chi connectivity index (χ0v) is 12.6. The number of methoxy groups -OCH3 is 2. The fraction of sp³-hybridized carbons (Fsp3) is 0.571. The Kier molecular flexibility index (Phi) is 4.82. The van der Waals surface area contributed by atoms with E-state index in [1.165, 1.54) is 25.1 Å². The van der Waals surface area contributed by atoms with Crippen LogP contribution in [0.1, 0.15) is 18.9 Å². The van der Waals surface area contributed by atoms with E-state index < -0.39 is 0 Å². The molecule has 1 aromatic rings. The summed E-state index contributed by atoms with van der Waals surface area (Å²) in [5.41, 5.74) is 1.18. The minimum Gasteiger partial charge on any atom is -0.493 e. The number of ether oxygens (including phenoxy) is 2. The van der Waals surface area contributed by atoms with Gasteiger partial charge in [-0.25, -0.2) is 0 Å². The molecule has 0 saturated carbocycles. The van der Waals surface area contributed by atoms with Gasteiger partial charge >= 0.3 is 0 Å². The molecule has 19 heavy (non-hydrogen) atoms. The fourth-order valence-corrected chi connectivity index (χ4v) is 2.57. The topological polar surface area (TPSA) is 30.9 Å². The molecule has 2 rings (SSSR count). The van der Waals surface area contributed by atoms with E-state index in [-0.39, 0.29) is 0 Å². The van der Waals surface area contributed by atoms with Crippen molar-refractivity contribution >= 4 is 12.9 Å². The summed E-state index contributed by atoms with van der Waals surface area (Å²) in [5, 5.41) is 0. The maximum atomic E-state index is 5.33. The fourth-order valence-electron chi connectivity index (χ4n) is 2.39. The molecule has 1 unspecified atom stereocenters. The number of hydrogen-bond acceptors (Lipinski definition) is 5. The van der Waals surface area contributed by atoms with Gasteiger partial charge in [-0.2, -0.15) is 0 Å². The van der Waals surface area contributed by atoms with Gasteiger partial charge in [0.05, 0.1) is 14.2 Å². The molecule has 0 radical (unpaired) electrons. The Morgan fingerprint density at radius 3 is 2.16 bits per heavy atom. The molecule has 0 amide bonds. The van der Waals surface area contributed by atoms with Gasteiger partial charge in [-0.1, -0.05) is 0 Å². The van der Waals surface area contributed by atoms with Crippen LogP contribution in [0.15, 0.2) is 12.1 Å². The smallest absolute Gasteiger partial charge is 0.220 e. The molecule has 0 aliphatic carbocycles. The summed E-state index contributed by atoms with van der Waals surface area (Å²) in [4.78, 5) is 2.47. The highest BCUT2D eigenvalue weighted by Crippen LogP contribution is 2.39. The lowest BCUT2D eigenvalue weighted by Gasteiger charge is -2.36. The highest BCUT2D eigenvalue weighted by atomic mass is 32.1. The van der Waals surface area contributed by atoms with Crippen LogP contribution in [-0.4, -0.2) is 38.3 Å². The van der Waals surface area contributed by atoms with Gasteiger partial charge in [-0.15, -0.1) is 0 Å². The molecular weight excluding hydrogens is 262 g/mol. The van der Waals surface area contributed by atoms with E-state index in [0.717, 1.165) is 6.42 Å². The van der Waals surface area contributed by atoms with E-state index >= 15 is 0 Å². The second kappa shape index (κ2) is 6.39. The van der Waals surface area contributed by atoms with E-state index in [2.05, 4.69) is 24.7 Å². The van der Waals surface area contributed by atoms with Gasteiger partial charge in [0.2, 0.25) is 5.75 Å². The lowest BCUT2D eigenvalue weighted by atomic mass is 10.0. The van der Waals surface area contributed by atoms with Crippen LogP contribution in [-0.2, 0) is 6.42 Å². The van der Waals surface area contributed by atoms with Gasteiger partial charge in [0.25, 0.3) is 0 Å². The Hall–Kier alpha value is -1.07. The third kappa shape index (κ3) is 3.09. The molecule has 4 nitrogen and oxygen atoms in total. The van der Waals surface area contributed by atoms with Crippen LogP contribution < -0.4 is 13.7 Å². The minimum atomic E-state index is 0.522. The van der Waals surface area contributed by atoms with Gasteiger partial charge in [0.15, 0.2) is 11.5 Å². The first kappa shape index (κ1) is 14.3.